The van der Waals surface area contributed by atoms with Gasteiger partial charge in [-0.15, -0.1) is 0 Å². The van der Waals surface area contributed by atoms with Gasteiger partial charge in [0.2, 0.25) is 0 Å². The van der Waals surface area contributed by atoms with E-state index in [1.165, 1.54) is 0 Å². The Balaban J connectivity index is 2.50. The Morgan fingerprint density at radius 2 is 2.15 bits per heavy atom. The van der Waals surface area contributed by atoms with Crippen molar-refractivity contribution in [2.45, 2.75) is 33.6 Å². The molecule has 13 heavy (non-hydrogen) atoms. The molecule has 0 amide bonds. The lowest BCUT2D eigenvalue weighted by Gasteiger charge is -1.96. The molecule has 0 radical (unpaired) electrons. The van der Waals surface area contributed by atoms with E-state index in [0.29, 0.717) is 0 Å². The summed E-state index contributed by atoms with van der Waals surface area (Å²) in [6.07, 6.45) is 6.36. The van der Waals surface area contributed by atoms with Crippen LogP contribution < -0.4 is 0 Å². The zero-order chi connectivity index (χ0) is 10.1. The van der Waals surface area contributed by atoms with Crippen molar-refractivity contribution in [1.82, 2.24) is 0 Å². The monoisotopic (exact) mass is 182 g/mol. The van der Waals surface area contributed by atoms with E-state index in [4.69, 9.17) is 5.11 Å². The maximum atomic E-state index is 10.8. The van der Waals surface area contributed by atoms with Gasteiger partial charge in [-0.3, -0.25) is 4.79 Å². The summed E-state index contributed by atoms with van der Waals surface area (Å²) in [5, 5.41) is 8.88. The van der Waals surface area contributed by atoms with Gasteiger partial charge in [0, 0.05) is 0 Å². The molecule has 0 aromatic heterocycles. The van der Waals surface area contributed by atoms with Crippen LogP contribution in [-0.4, -0.2) is 11.1 Å². The number of unbranched alkanes of at least 4 members (excludes halogenated alkanes) is 1. The standard InChI is InChI=1S/C11H18O2/c1-4-5-6-7-8-9(10(12)13)11(8,2)3/h6-9H,4-5H2,1-3H3,(H,12,13)/b7-6+/t8-,9+/m0/s1. The van der Waals surface area contributed by atoms with Crippen LogP contribution in [-0.2, 0) is 4.79 Å². The summed E-state index contributed by atoms with van der Waals surface area (Å²) in [5.41, 5.74) is -0.0317. The van der Waals surface area contributed by atoms with Crippen LogP contribution in [0.1, 0.15) is 33.6 Å². The molecule has 0 aliphatic heterocycles. The number of aliphatic carboxylic acids is 1. The molecular formula is C11H18O2. The average molecular weight is 182 g/mol. The third kappa shape index (κ3) is 1.93. The fraction of sp³-hybridized carbons (Fsp3) is 0.727. The lowest BCUT2D eigenvalue weighted by Crippen LogP contribution is -2.02. The number of carbonyl (C=O) groups is 1. The second-order valence-electron chi connectivity index (χ2n) is 4.38. The van der Waals surface area contributed by atoms with Crippen molar-refractivity contribution < 1.29 is 9.90 Å². The average Bonchev–Trinajstić information content (AvgIpc) is 2.54. The van der Waals surface area contributed by atoms with Crippen LogP contribution in [0.2, 0.25) is 0 Å². The smallest absolute Gasteiger partial charge is 0.307 e. The molecule has 0 saturated heterocycles. The number of carboxylic acids is 1. The van der Waals surface area contributed by atoms with Crippen LogP contribution in [0.5, 0.6) is 0 Å². The molecule has 0 bridgehead atoms. The Labute approximate surface area is 79.6 Å². The summed E-state index contributed by atoms with van der Waals surface area (Å²) >= 11 is 0. The van der Waals surface area contributed by atoms with E-state index < -0.39 is 5.97 Å². The van der Waals surface area contributed by atoms with Gasteiger partial charge in [-0.1, -0.05) is 39.3 Å². The molecule has 2 atom stereocenters. The number of hydrogen-bond donors (Lipinski definition) is 1. The zero-order valence-corrected chi connectivity index (χ0v) is 8.58. The van der Waals surface area contributed by atoms with Crippen molar-refractivity contribution in [3.8, 4) is 0 Å². The third-order valence-electron chi connectivity index (χ3n) is 2.98. The van der Waals surface area contributed by atoms with E-state index in [1.807, 2.05) is 13.8 Å². The first-order chi connectivity index (χ1) is 6.01. The summed E-state index contributed by atoms with van der Waals surface area (Å²) in [4.78, 5) is 10.8. The Morgan fingerprint density at radius 3 is 2.54 bits per heavy atom. The summed E-state index contributed by atoms with van der Waals surface area (Å²) in [7, 11) is 0. The van der Waals surface area contributed by atoms with Crippen molar-refractivity contribution in [3.63, 3.8) is 0 Å². The van der Waals surface area contributed by atoms with Crippen molar-refractivity contribution in [1.29, 1.82) is 0 Å². The molecule has 1 rings (SSSR count). The zero-order valence-electron chi connectivity index (χ0n) is 8.58. The topological polar surface area (TPSA) is 37.3 Å². The van der Waals surface area contributed by atoms with E-state index in [-0.39, 0.29) is 17.3 Å². The van der Waals surface area contributed by atoms with Crippen LogP contribution in [0.15, 0.2) is 12.2 Å². The van der Waals surface area contributed by atoms with Gasteiger partial charge in [0.05, 0.1) is 5.92 Å². The first kappa shape index (κ1) is 10.3. The fourth-order valence-corrected chi connectivity index (χ4v) is 1.92. The third-order valence-corrected chi connectivity index (χ3v) is 2.98. The lowest BCUT2D eigenvalue weighted by atomic mass is 10.1. The van der Waals surface area contributed by atoms with E-state index in [2.05, 4.69) is 19.1 Å². The second-order valence-corrected chi connectivity index (χ2v) is 4.38. The highest BCUT2D eigenvalue weighted by molar-refractivity contribution is 5.76. The van der Waals surface area contributed by atoms with Crippen LogP contribution in [0.3, 0.4) is 0 Å². The normalized spacial score (nSPS) is 30.7. The van der Waals surface area contributed by atoms with Crippen LogP contribution in [0.25, 0.3) is 0 Å². The quantitative estimate of drug-likeness (QED) is 0.679. The summed E-state index contributed by atoms with van der Waals surface area (Å²) in [6, 6.07) is 0. The predicted octanol–water partition coefficient (Wildman–Crippen LogP) is 2.70. The molecule has 0 spiro atoms. The van der Waals surface area contributed by atoms with Crippen molar-refractivity contribution in [3.05, 3.63) is 12.2 Å². The van der Waals surface area contributed by atoms with Crippen molar-refractivity contribution in [2.75, 3.05) is 0 Å². The summed E-state index contributed by atoms with van der Waals surface area (Å²) in [6.45, 7) is 6.16. The second kappa shape index (κ2) is 3.52. The molecule has 2 nitrogen and oxygen atoms in total. The number of hydrogen-bond acceptors (Lipinski definition) is 1. The fourth-order valence-electron chi connectivity index (χ4n) is 1.92. The van der Waals surface area contributed by atoms with Gasteiger partial charge in [0.25, 0.3) is 0 Å². The number of allylic oxidation sites excluding steroid dienone is 2. The van der Waals surface area contributed by atoms with Gasteiger partial charge in [-0.2, -0.15) is 0 Å². The molecule has 0 aromatic carbocycles. The highest BCUT2D eigenvalue weighted by Crippen LogP contribution is 2.59. The molecule has 1 aliphatic carbocycles. The highest BCUT2D eigenvalue weighted by atomic mass is 16.4. The Hall–Kier alpha value is -0.790. The van der Waals surface area contributed by atoms with Gasteiger partial charge < -0.3 is 5.11 Å². The molecule has 0 aromatic rings. The van der Waals surface area contributed by atoms with Gasteiger partial charge in [-0.05, 0) is 17.8 Å². The Morgan fingerprint density at radius 1 is 1.54 bits per heavy atom. The molecule has 1 N–H and O–H groups in total. The minimum atomic E-state index is -0.656. The molecule has 1 saturated carbocycles. The maximum Gasteiger partial charge on any atom is 0.307 e. The first-order valence-electron chi connectivity index (χ1n) is 4.91. The number of carboxylic acid groups (broad SMARTS) is 1. The maximum absolute atomic E-state index is 10.8. The lowest BCUT2D eigenvalue weighted by molar-refractivity contribution is -0.139. The Bertz CT molecular complexity index is 228. The predicted molar refractivity (Wildman–Crippen MR) is 52.4 cm³/mol. The molecular weight excluding hydrogens is 164 g/mol. The SMILES string of the molecule is CCC/C=C/[C@H]1[C@H](C(=O)O)C1(C)C. The molecule has 74 valence electrons. The van der Waals surface area contributed by atoms with Crippen molar-refractivity contribution in [2.24, 2.45) is 17.3 Å². The molecule has 1 fully saturated rings. The van der Waals surface area contributed by atoms with Crippen LogP contribution in [0, 0.1) is 17.3 Å². The molecule has 1 aliphatic rings. The van der Waals surface area contributed by atoms with Gasteiger partial charge in [-0.25, -0.2) is 0 Å². The molecule has 0 heterocycles. The number of rotatable bonds is 4. The van der Waals surface area contributed by atoms with E-state index in [1.54, 1.807) is 0 Å². The largest absolute Gasteiger partial charge is 0.481 e. The van der Waals surface area contributed by atoms with Gasteiger partial charge in [0.1, 0.15) is 0 Å². The summed E-state index contributed by atoms with van der Waals surface area (Å²) in [5.74, 6) is -0.576. The van der Waals surface area contributed by atoms with Crippen LogP contribution in [0.4, 0.5) is 0 Å². The molecule has 2 heteroatoms. The summed E-state index contributed by atoms with van der Waals surface area (Å²) < 4.78 is 0. The van der Waals surface area contributed by atoms with E-state index in [0.717, 1.165) is 12.8 Å². The van der Waals surface area contributed by atoms with Gasteiger partial charge >= 0.3 is 5.97 Å². The minimum Gasteiger partial charge on any atom is -0.481 e. The first-order valence-corrected chi connectivity index (χ1v) is 4.91. The van der Waals surface area contributed by atoms with Gasteiger partial charge in [0.15, 0.2) is 0 Å². The van der Waals surface area contributed by atoms with E-state index >= 15 is 0 Å². The highest BCUT2D eigenvalue weighted by Gasteiger charge is 2.60. The minimum absolute atomic E-state index is 0.0317. The van der Waals surface area contributed by atoms with E-state index in [9.17, 15) is 4.79 Å². The Kier molecular flexibility index (Phi) is 2.79. The van der Waals surface area contributed by atoms with Crippen molar-refractivity contribution >= 4 is 5.97 Å². The molecule has 0 unspecified atom stereocenters. The van der Waals surface area contributed by atoms with Crippen LogP contribution >= 0.6 is 0 Å².